The molecular weight excluding hydrogens is 266 g/mol. The van der Waals surface area contributed by atoms with Gasteiger partial charge in [0.2, 0.25) is 0 Å². The summed E-state index contributed by atoms with van der Waals surface area (Å²) in [7, 11) is 0. The third-order valence-corrected chi connectivity index (χ3v) is 4.30. The Kier molecular flexibility index (Phi) is 4.83. The molecule has 1 aliphatic heterocycles. The lowest BCUT2D eigenvalue weighted by Gasteiger charge is -2.41. The van der Waals surface area contributed by atoms with Crippen LogP contribution in [0.25, 0.3) is 0 Å². The Bertz CT molecular complexity index is 509. The average Bonchev–Trinajstić information content (AvgIpc) is 2.97. The molecular formula is C16H25N3O2. The number of carbonyl (C=O) groups is 1. The molecule has 5 heteroatoms. The van der Waals surface area contributed by atoms with Crippen LogP contribution in [0.1, 0.15) is 55.2 Å². The first-order valence-electron chi connectivity index (χ1n) is 7.58. The lowest BCUT2D eigenvalue weighted by Crippen LogP contribution is -2.47. The number of aliphatic hydroxyl groups is 1. The molecule has 1 amide bonds. The number of likely N-dealkylation sites (tertiary alicyclic amines) is 1. The van der Waals surface area contributed by atoms with Crippen LogP contribution in [0.2, 0.25) is 0 Å². The number of H-pyrrole nitrogens is 1. The fourth-order valence-corrected chi connectivity index (χ4v) is 2.95. The van der Waals surface area contributed by atoms with E-state index in [1.54, 1.807) is 0 Å². The van der Waals surface area contributed by atoms with Crippen LogP contribution in [0.4, 0.5) is 0 Å². The van der Waals surface area contributed by atoms with Gasteiger partial charge in [0, 0.05) is 24.2 Å². The molecule has 21 heavy (non-hydrogen) atoms. The molecule has 1 saturated heterocycles. The molecule has 1 aromatic heterocycles. The highest BCUT2D eigenvalue weighted by atomic mass is 16.3. The lowest BCUT2D eigenvalue weighted by atomic mass is 9.78. The predicted octanol–water partition coefficient (Wildman–Crippen LogP) is 2.32. The third-order valence-electron chi connectivity index (χ3n) is 4.30. The molecule has 1 aromatic rings. The number of piperidine rings is 1. The molecule has 2 N–H and O–H groups in total. The van der Waals surface area contributed by atoms with E-state index in [9.17, 15) is 9.90 Å². The van der Waals surface area contributed by atoms with Crippen molar-refractivity contribution in [2.45, 2.75) is 39.0 Å². The largest absolute Gasteiger partial charge is 0.396 e. The summed E-state index contributed by atoms with van der Waals surface area (Å²) in [4.78, 5) is 14.4. The third kappa shape index (κ3) is 3.35. The van der Waals surface area contributed by atoms with Crippen LogP contribution >= 0.6 is 0 Å². The van der Waals surface area contributed by atoms with Crippen LogP contribution in [-0.4, -0.2) is 45.8 Å². The minimum absolute atomic E-state index is 0.0558. The zero-order valence-corrected chi connectivity index (χ0v) is 12.9. The van der Waals surface area contributed by atoms with Gasteiger partial charge in [-0.2, -0.15) is 5.10 Å². The van der Waals surface area contributed by atoms with E-state index in [0.717, 1.165) is 31.5 Å². The number of nitrogens with zero attached hydrogens (tertiary/aromatic N) is 2. The van der Waals surface area contributed by atoms with Crippen molar-refractivity contribution in [2.24, 2.45) is 5.41 Å². The van der Waals surface area contributed by atoms with Gasteiger partial charge in [-0.3, -0.25) is 9.89 Å². The van der Waals surface area contributed by atoms with Crippen LogP contribution < -0.4 is 0 Å². The van der Waals surface area contributed by atoms with E-state index in [2.05, 4.69) is 30.6 Å². The molecule has 1 atom stereocenters. The first-order chi connectivity index (χ1) is 10.0. The molecule has 0 aromatic carbocycles. The van der Waals surface area contributed by atoms with Crippen molar-refractivity contribution in [3.8, 4) is 0 Å². The highest BCUT2D eigenvalue weighted by Crippen LogP contribution is 2.33. The summed E-state index contributed by atoms with van der Waals surface area (Å²) >= 11 is 0. The van der Waals surface area contributed by atoms with Crippen LogP contribution in [-0.2, 0) is 0 Å². The quantitative estimate of drug-likeness (QED) is 0.818. The monoisotopic (exact) mass is 291 g/mol. The van der Waals surface area contributed by atoms with E-state index in [4.69, 9.17) is 0 Å². The van der Waals surface area contributed by atoms with Gasteiger partial charge in [0.05, 0.1) is 6.61 Å². The number of aromatic amines is 1. The number of aromatic nitrogens is 2. The standard InChI is InChI=1S/C16H25N3O2/c1-4-6-16(11-20)7-5-8-19(10-16)15(21)14-9-13(12(2)3)17-18-14/h4,9,12,20H,1,5-8,10-11H2,2-3H3,(H,17,18)/t16-/m0/s1. The number of allylic oxidation sites excluding steroid dienone is 1. The minimum atomic E-state index is -0.243. The second kappa shape index (κ2) is 6.43. The minimum Gasteiger partial charge on any atom is -0.396 e. The smallest absolute Gasteiger partial charge is 0.274 e. The summed E-state index contributed by atoms with van der Waals surface area (Å²) in [5.74, 6) is 0.262. The van der Waals surface area contributed by atoms with Gasteiger partial charge in [-0.25, -0.2) is 0 Å². The van der Waals surface area contributed by atoms with Gasteiger partial charge < -0.3 is 10.0 Å². The molecule has 0 spiro atoms. The van der Waals surface area contributed by atoms with Gasteiger partial charge in [-0.05, 0) is 31.2 Å². The number of carbonyl (C=O) groups excluding carboxylic acids is 1. The Morgan fingerprint density at radius 1 is 1.67 bits per heavy atom. The van der Waals surface area contributed by atoms with E-state index >= 15 is 0 Å². The number of rotatable bonds is 5. The SMILES string of the molecule is C=CC[C@]1(CO)CCCN(C(=O)c2cc(C(C)C)[nH]n2)C1. The van der Waals surface area contributed by atoms with E-state index in [-0.39, 0.29) is 17.9 Å². The zero-order chi connectivity index (χ0) is 15.5. The van der Waals surface area contributed by atoms with Crippen LogP contribution in [0.3, 0.4) is 0 Å². The molecule has 0 unspecified atom stereocenters. The van der Waals surface area contributed by atoms with Gasteiger partial charge in [-0.1, -0.05) is 19.9 Å². The van der Waals surface area contributed by atoms with Crippen molar-refractivity contribution in [3.63, 3.8) is 0 Å². The first kappa shape index (κ1) is 15.8. The lowest BCUT2D eigenvalue weighted by molar-refractivity contribution is 0.0281. The Morgan fingerprint density at radius 3 is 3.00 bits per heavy atom. The number of aliphatic hydroxyl groups excluding tert-OH is 1. The summed E-state index contributed by atoms with van der Waals surface area (Å²) in [5, 5.41) is 16.8. The second-order valence-electron chi connectivity index (χ2n) is 6.34. The Morgan fingerprint density at radius 2 is 2.43 bits per heavy atom. The van der Waals surface area contributed by atoms with E-state index in [0.29, 0.717) is 18.2 Å². The van der Waals surface area contributed by atoms with Gasteiger partial charge in [0.25, 0.3) is 5.91 Å². The molecule has 2 heterocycles. The maximum atomic E-state index is 12.6. The average molecular weight is 291 g/mol. The first-order valence-corrected chi connectivity index (χ1v) is 7.58. The normalized spacial score (nSPS) is 22.6. The summed E-state index contributed by atoms with van der Waals surface area (Å²) in [6, 6.07) is 1.83. The van der Waals surface area contributed by atoms with Crippen molar-refractivity contribution >= 4 is 5.91 Å². The van der Waals surface area contributed by atoms with Crippen molar-refractivity contribution in [1.82, 2.24) is 15.1 Å². The molecule has 116 valence electrons. The second-order valence-corrected chi connectivity index (χ2v) is 6.34. The maximum absolute atomic E-state index is 12.6. The van der Waals surface area contributed by atoms with Crippen molar-refractivity contribution in [3.05, 3.63) is 30.1 Å². The predicted molar refractivity (Wildman–Crippen MR) is 82.1 cm³/mol. The molecule has 0 bridgehead atoms. The summed E-state index contributed by atoms with van der Waals surface area (Å²) in [6.07, 6.45) is 4.39. The van der Waals surface area contributed by atoms with Crippen LogP contribution in [0, 0.1) is 5.41 Å². The number of hydrogen-bond acceptors (Lipinski definition) is 3. The van der Waals surface area contributed by atoms with E-state index in [1.807, 2.05) is 17.0 Å². The zero-order valence-electron chi connectivity index (χ0n) is 12.9. The topological polar surface area (TPSA) is 69.2 Å². The van der Waals surface area contributed by atoms with Crippen molar-refractivity contribution in [2.75, 3.05) is 19.7 Å². The molecule has 5 nitrogen and oxygen atoms in total. The van der Waals surface area contributed by atoms with Crippen molar-refractivity contribution in [1.29, 1.82) is 0 Å². The number of hydrogen-bond donors (Lipinski definition) is 2. The molecule has 1 fully saturated rings. The Balaban J connectivity index is 2.12. The summed E-state index contributed by atoms with van der Waals surface area (Å²) < 4.78 is 0. The van der Waals surface area contributed by atoms with E-state index in [1.165, 1.54) is 0 Å². The van der Waals surface area contributed by atoms with Crippen LogP contribution in [0.5, 0.6) is 0 Å². The van der Waals surface area contributed by atoms with Gasteiger partial charge in [0.1, 0.15) is 5.69 Å². The van der Waals surface area contributed by atoms with Gasteiger partial charge in [0.15, 0.2) is 0 Å². The summed E-state index contributed by atoms with van der Waals surface area (Å²) in [5.41, 5.74) is 1.19. The number of nitrogens with one attached hydrogen (secondary N) is 1. The molecule has 0 radical (unpaired) electrons. The number of amides is 1. The molecule has 0 aliphatic carbocycles. The highest BCUT2D eigenvalue weighted by Gasteiger charge is 2.36. The summed E-state index contributed by atoms with van der Waals surface area (Å²) in [6.45, 7) is 9.26. The van der Waals surface area contributed by atoms with Crippen molar-refractivity contribution < 1.29 is 9.90 Å². The molecule has 1 aliphatic rings. The Hall–Kier alpha value is -1.62. The van der Waals surface area contributed by atoms with E-state index < -0.39 is 0 Å². The Labute approximate surface area is 126 Å². The van der Waals surface area contributed by atoms with Gasteiger partial charge in [-0.15, -0.1) is 6.58 Å². The van der Waals surface area contributed by atoms with Gasteiger partial charge >= 0.3 is 0 Å². The highest BCUT2D eigenvalue weighted by molar-refractivity contribution is 5.92. The molecule has 2 rings (SSSR count). The molecule has 0 saturated carbocycles. The van der Waals surface area contributed by atoms with Crippen LogP contribution in [0.15, 0.2) is 18.7 Å². The fraction of sp³-hybridized carbons (Fsp3) is 0.625. The maximum Gasteiger partial charge on any atom is 0.274 e. The fourth-order valence-electron chi connectivity index (χ4n) is 2.95.